The first-order valence-electron chi connectivity index (χ1n) is 10.2. The zero-order valence-electron chi connectivity index (χ0n) is 18.5. The van der Waals surface area contributed by atoms with Crippen molar-refractivity contribution < 1.29 is 22.9 Å². The summed E-state index contributed by atoms with van der Waals surface area (Å²) in [5.41, 5.74) is 3.50. The van der Waals surface area contributed by atoms with Gasteiger partial charge in [-0.1, -0.05) is 5.16 Å². The summed E-state index contributed by atoms with van der Waals surface area (Å²) in [5.74, 6) is 0.846. The zero-order chi connectivity index (χ0) is 23.0. The zero-order valence-corrected chi connectivity index (χ0v) is 18.5. The normalized spacial score (nSPS) is 11.2. The number of aromatic nitrogens is 1. The summed E-state index contributed by atoms with van der Waals surface area (Å²) in [6, 6.07) is 9.36. The van der Waals surface area contributed by atoms with Crippen molar-refractivity contribution in [1.82, 2.24) is 10.5 Å². The van der Waals surface area contributed by atoms with Gasteiger partial charge in [0.15, 0.2) is 5.76 Å². The Morgan fingerprint density at radius 3 is 2.47 bits per heavy atom. The third-order valence-corrected chi connectivity index (χ3v) is 5.01. The molecule has 0 saturated carbocycles. The van der Waals surface area contributed by atoms with Gasteiger partial charge in [-0.3, -0.25) is 4.79 Å². The van der Waals surface area contributed by atoms with Gasteiger partial charge in [0, 0.05) is 24.1 Å². The van der Waals surface area contributed by atoms with E-state index in [9.17, 15) is 9.18 Å². The number of amides is 1. The Hall–Kier alpha value is -3.81. The number of nitrogens with zero attached hydrogens (tertiary/aromatic N) is 1. The summed E-state index contributed by atoms with van der Waals surface area (Å²) in [6.45, 7) is 7.49. The van der Waals surface area contributed by atoms with Crippen molar-refractivity contribution in [2.75, 3.05) is 12.4 Å². The van der Waals surface area contributed by atoms with E-state index in [1.807, 2.05) is 27.7 Å². The highest BCUT2D eigenvalue weighted by atomic mass is 19.1. The third-order valence-electron chi connectivity index (χ3n) is 5.01. The molecular formula is C24H24FN3O4. The number of furan rings is 1. The molecule has 0 radical (unpaired) electrons. The highest BCUT2D eigenvalue weighted by molar-refractivity contribution is 6.12. The lowest BCUT2D eigenvalue weighted by molar-refractivity contribution is 0.0964. The molecule has 32 heavy (non-hydrogen) atoms. The summed E-state index contributed by atoms with van der Waals surface area (Å²) < 4.78 is 30.9. The van der Waals surface area contributed by atoms with Crippen LogP contribution >= 0.6 is 0 Å². The van der Waals surface area contributed by atoms with Crippen molar-refractivity contribution in [2.45, 2.75) is 33.8 Å². The molecule has 8 heteroatoms. The standard InChI is InChI=1S/C24H24FN3O4/c1-12(2)30-20-10-17-19(11-18(20)27-22-13(3)28-32-14(22)4)31-23(21(17)24(29)26-5)15-6-8-16(25)9-7-15/h6-12,27H,1-5H3,(H,26,29). The number of rotatable bonds is 6. The predicted octanol–water partition coefficient (Wildman–Crippen LogP) is 5.73. The number of carbonyl (C=O) groups excluding carboxylic acids is 1. The van der Waals surface area contributed by atoms with Crippen molar-refractivity contribution in [1.29, 1.82) is 0 Å². The van der Waals surface area contributed by atoms with Gasteiger partial charge in [0.2, 0.25) is 0 Å². The summed E-state index contributed by atoms with van der Waals surface area (Å²) in [5, 5.41) is 10.5. The Bertz CT molecular complexity index is 1270. The van der Waals surface area contributed by atoms with E-state index in [0.29, 0.717) is 50.7 Å². The summed E-state index contributed by atoms with van der Waals surface area (Å²) in [7, 11) is 1.55. The SMILES string of the molecule is CNC(=O)c1c(-c2ccc(F)cc2)oc2cc(Nc3c(C)noc3C)c(OC(C)C)cc12. The quantitative estimate of drug-likeness (QED) is 0.400. The third kappa shape index (κ3) is 3.91. The molecule has 166 valence electrons. The number of halogens is 1. The van der Waals surface area contributed by atoms with E-state index in [1.54, 1.807) is 31.3 Å². The molecule has 0 aliphatic rings. The maximum atomic E-state index is 13.5. The molecule has 4 aromatic rings. The van der Waals surface area contributed by atoms with Gasteiger partial charge in [0.05, 0.1) is 17.4 Å². The van der Waals surface area contributed by atoms with Gasteiger partial charge in [0.25, 0.3) is 5.91 Å². The summed E-state index contributed by atoms with van der Waals surface area (Å²) in [4.78, 5) is 12.8. The van der Waals surface area contributed by atoms with E-state index in [4.69, 9.17) is 13.7 Å². The van der Waals surface area contributed by atoms with E-state index in [1.165, 1.54) is 12.1 Å². The maximum Gasteiger partial charge on any atom is 0.255 e. The lowest BCUT2D eigenvalue weighted by atomic mass is 10.0. The van der Waals surface area contributed by atoms with Crippen LogP contribution in [0.15, 0.2) is 45.3 Å². The molecule has 0 unspecified atom stereocenters. The second-order valence-corrected chi connectivity index (χ2v) is 7.73. The van der Waals surface area contributed by atoms with Crippen LogP contribution in [0.3, 0.4) is 0 Å². The lowest BCUT2D eigenvalue weighted by Crippen LogP contribution is -2.18. The number of ether oxygens (including phenoxy) is 1. The van der Waals surface area contributed by atoms with Crippen LogP contribution in [0.1, 0.15) is 35.7 Å². The minimum absolute atomic E-state index is 0.107. The minimum Gasteiger partial charge on any atom is -0.489 e. The molecule has 2 aromatic heterocycles. The molecule has 2 heterocycles. The molecule has 0 aliphatic carbocycles. The molecule has 0 saturated heterocycles. The number of carbonyl (C=O) groups is 1. The topological polar surface area (TPSA) is 89.5 Å². The summed E-state index contributed by atoms with van der Waals surface area (Å²) in [6.07, 6.45) is -0.107. The molecule has 4 rings (SSSR count). The number of fused-ring (bicyclic) bond motifs is 1. The fraction of sp³-hybridized carbons (Fsp3) is 0.250. The first kappa shape index (κ1) is 21.4. The van der Waals surface area contributed by atoms with Gasteiger partial charge in [-0.25, -0.2) is 4.39 Å². The average molecular weight is 437 g/mol. The Labute approximate surface area is 184 Å². The molecule has 2 N–H and O–H groups in total. The average Bonchev–Trinajstić information content (AvgIpc) is 3.28. The Kier molecular flexibility index (Phi) is 5.61. The minimum atomic E-state index is -0.370. The second-order valence-electron chi connectivity index (χ2n) is 7.73. The van der Waals surface area contributed by atoms with Crippen LogP contribution in [0, 0.1) is 19.7 Å². The van der Waals surface area contributed by atoms with Gasteiger partial charge in [-0.05, 0) is 58.0 Å². The van der Waals surface area contributed by atoms with E-state index in [-0.39, 0.29) is 17.8 Å². The Morgan fingerprint density at radius 1 is 1.16 bits per heavy atom. The molecule has 0 atom stereocenters. The van der Waals surface area contributed by atoms with Crippen molar-refractivity contribution >= 4 is 28.3 Å². The van der Waals surface area contributed by atoms with Gasteiger partial charge in [0.1, 0.15) is 34.3 Å². The molecule has 0 spiro atoms. The van der Waals surface area contributed by atoms with E-state index < -0.39 is 0 Å². The Balaban J connectivity index is 1.94. The molecular weight excluding hydrogens is 413 g/mol. The molecule has 1 amide bonds. The first-order valence-corrected chi connectivity index (χ1v) is 10.2. The van der Waals surface area contributed by atoms with Crippen LogP contribution in [0.25, 0.3) is 22.3 Å². The van der Waals surface area contributed by atoms with Crippen LogP contribution in [0.2, 0.25) is 0 Å². The first-order chi connectivity index (χ1) is 15.3. The van der Waals surface area contributed by atoms with Crippen LogP contribution < -0.4 is 15.4 Å². The van der Waals surface area contributed by atoms with E-state index >= 15 is 0 Å². The second kappa shape index (κ2) is 8.37. The van der Waals surface area contributed by atoms with Crippen molar-refractivity contribution in [3.8, 4) is 17.1 Å². The number of aryl methyl sites for hydroxylation is 2. The number of benzene rings is 2. The van der Waals surface area contributed by atoms with Crippen LogP contribution in [0.4, 0.5) is 15.8 Å². The van der Waals surface area contributed by atoms with Gasteiger partial charge < -0.3 is 24.3 Å². The van der Waals surface area contributed by atoms with E-state index in [0.717, 1.165) is 5.69 Å². The fourth-order valence-corrected chi connectivity index (χ4v) is 3.52. The van der Waals surface area contributed by atoms with Gasteiger partial charge in [-0.2, -0.15) is 0 Å². The van der Waals surface area contributed by atoms with Crippen molar-refractivity contribution in [3.63, 3.8) is 0 Å². The van der Waals surface area contributed by atoms with Crippen LogP contribution in [-0.2, 0) is 0 Å². The van der Waals surface area contributed by atoms with Crippen molar-refractivity contribution in [3.05, 3.63) is 59.2 Å². The number of nitrogens with one attached hydrogen (secondary N) is 2. The largest absolute Gasteiger partial charge is 0.489 e. The van der Waals surface area contributed by atoms with Crippen LogP contribution in [-0.4, -0.2) is 24.2 Å². The van der Waals surface area contributed by atoms with Crippen LogP contribution in [0.5, 0.6) is 5.75 Å². The molecule has 0 fully saturated rings. The smallest absolute Gasteiger partial charge is 0.255 e. The number of hydrogen-bond donors (Lipinski definition) is 2. The Morgan fingerprint density at radius 2 is 1.88 bits per heavy atom. The highest BCUT2D eigenvalue weighted by Gasteiger charge is 2.24. The molecule has 0 aliphatic heterocycles. The molecule has 2 aromatic carbocycles. The maximum absolute atomic E-state index is 13.5. The van der Waals surface area contributed by atoms with E-state index in [2.05, 4.69) is 15.8 Å². The predicted molar refractivity (Wildman–Crippen MR) is 120 cm³/mol. The van der Waals surface area contributed by atoms with Gasteiger partial charge in [-0.15, -0.1) is 0 Å². The summed E-state index contributed by atoms with van der Waals surface area (Å²) >= 11 is 0. The van der Waals surface area contributed by atoms with Gasteiger partial charge >= 0.3 is 0 Å². The fourth-order valence-electron chi connectivity index (χ4n) is 3.52. The molecule has 7 nitrogen and oxygen atoms in total. The number of hydrogen-bond acceptors (Lipinski definition) is 6. The molecule has 0 bridgehead atoms. The number of anilines is 2. The monoisotopic (exact) mass is 437 g/mol. The van der Waals surface area contributed by atoms with Crippen molar-refractivity contribution in [2.24, 2.45) is 0 Å². The lowest BCUT2D eigenvalue weighted by Gasteiger charge is -2.16. The highest BCUT2D eigenvalue weighted by Crippen LogP contribution is 2.41.